The van der Waals surface area contributed by atoms with E-state index >= 15 is 0 Å². The normalized spacial score (nSPS) is 19.5. The van der Waals surface area contributed by atoms with E-state index in [-0.39, 0.29) is 42.2 Å². The third-order valence-electron chi connectivity index (χ3n) is 5.14. The summed E-state index contributed by atoms with van der Waals surface area (Å²) in [7, 11) is 0. The lowest BCUT2D eigenvalue weighted by Gasteiger charge is -2.41. The van der Waals surface area contributed by atoms with Gasteiger partial charge in [-0.15, -0.1) is 0 Å². The summed E-state index contributed by atoms with van der Waals surface area (Å²) in [6.07, 6.45) is 0. The van der Waals surface area contributed by atoms with Gasteiger partial charge in [0.05, 0.1) is 29.6 Å². The van der Waals surface area contributed by atoms with Crippen molar-refractivity contribution in [2.45, 2.75) is 26.1 Å². The minimum atomic E-state index is -0.773. The Labute approximate surface area is 161 Å². The lowest BCUT2D eigenvalue weighted by Crippen LogP contribution is -2.48. The standard InChI is InChI=1S/C19H21N3O6/c1-13-14(11-23)10-16(21(24)25)18(17(13)22(26)27)20-8-9-28-19(2,12-20)15-6-4-3-5-7-15/h3-7,10,23H,8-9,11-12H2,1-2H3. The summed E-state index contributed by atoms with van der Waals surface area (Å²) >= 11 is 0. The molecule has 0 spiro atoms. The first kappa shape index (κ1) is 19.7. The molecule has 9 heteroatoms. The first-order valence-corrected chi connectivity index (χ1v) is 8.79. The molecule has 0 amide bonds. The molecule has 3 rings (SSSR count). The molecule has 1 aliphatic heterocycles. The molecule has 2 aromatic rings. The zero-order valence-corrected chi connectivity index (χ0v) is 15.6. The van der Waals surface area contributed by atoms with Crippen molar-refractivity contribution in [3.8, 4) is 0 Å². The second-order valence-corrected chi connectivity index (χ2v) is 6.92. The molecule has 1 heterocycles. The number of rotatable bonds is 5. The number of aliphatic hydroxyl groups excluding tert-OH is 1. The van der Waals surface area contributed by atoms with Crippen LogP contribution < -0.4 is 4.90 Å². The fourth-order valence-corrected chi connectivity index (χ4v) is 3.66. The van der Waals surface area contributed by atoms with Crippen LogP contribution in [0, 0.1) is 27.2 Å². The van der Waals surface area contributed by atoms with Gasteiger partial charge in [0.1, 0.15) is 5.60 Å². The highest BCUT2D eigenvalue weighted by Crippen LogP contribution is 2.44. The van der Waals surface area contributed by atoms with Crippen LogP contribution in [0.5, 0.6) is 0 Å². The summed E-state index contributed by atoms with van der Waals surface area (Å²) in [6.45, 7) is 3.60. The van der Waals surface area contributed by atoms with Crippen molar-refractivity contribution in [2.75, 3.05) is 24.6 Å². The number of nitro groups is 2. The lowest BCUT2D eigenvalue weighted by atomic mass is 9.93. The Morgan fingerprint density at radius 2 is 1.89 bits per heavy atom. The Balaban J connectivity index is 2.15. The zero-order chi connectivity index (χ0) is 20.5. The quantitative estimate of drug-likeness (QED) is 0.618. The highest BCUT2D eigenvalue weighted by molar-refractivity contribution is 5.79. The fourth-order valence-electron chi connectivity index (χ4n) is 3.66. The zero-order valence-electron chi connectivity index (χ0n) is 15.6. The van der Waals surface area contributed by atoms with Crippen molar-refractivity contribution in [1.82, 2.24) is 0 Å². The van der Waals surface area contributed by atoms with Gasteiger partial charge in [-0.3, -0.25) is 20.2 Å². The van der Waals surface area contributed by atoms with E-state index in [1.165, 1.54) is 13.0 Å². The van der Waals surface area contributed by atoms with Crippen molar-refractivity contribution >= 4 is 17.1 Å². The predicted octanol–water partition coefficient (Wildman–Crippen LogP) is 3.06. The summed E-state index contributed by atoms with van der Waals surface area (Å²) in [6, 6.07) is 10.6. The molecule has 0 aromatic heterocycles. The van der Waals surface area contributed by atoms with Gasteiger partial charge in [-0.25, -0.2) is 0 Å². The van der Waals surface area contributed by atoms with Crippen LogP contribution in [-0.2, 0) is 16.9 Å². The van der Waals surface area contributed by atoms with Crippen LogP contribution in [0.1, 0.15) is 23.6 Å². The van der Waals surface area contributed by atoms with E-state index in [1.807, 2.05) is 37.3 Å². The largest absolute Gasteiger partial charge is 0.392 e. The molecular formula is C19H21N3O6. The van der Waals surface area contributed by atoms with E-state index in [4.69, 9.17) is 4.74 Å². The summed E-state index contributed by atoms with van der Waals surface area (Å²) < 4.78 is 5.96. The van der Waals surface area contributed by atoms with E-state index in [9.17, 15) is 25.3 Å². The van der Waals surface area contributed by atoms with Crippen molar-refractivity contribution in [3.63, 3.8) is 0 Å². The molecule has 0 bridgehead atoms. The summed E-state index contributed by atoms with van der Waals surface area (Å²) in [5, 5.41) is 33.0. The van der Waals surface area contributed by atoms with Crippen LogP contribution >= 0.6 is 0 Å². The summed E-state index contributed by atoms with van der Waals surface area (Å²) in [5.41, 5.74) is -0.287. The molecule has 1 atom stereocenters. The van der Waals surface area contributed by atoms with Crippen LogP contribution in [-0.4, -0.2) is 34.6 Å². The smallest absolute Gasteiger partial charge is 0.302 e. The fraction of sp³-hybridized carbons (Fsp3) is 0.368. The third kappa shape index (κ3) is 3.41. The monoisotopic (exact) mass is 387 g/mol. The highest BCUT2D eigenvalue weighted by atomic mass is 16.6. The number of hydrogen-bond donors (Lipinski definition) is 1. The molecule has 1 saturated heterocycles. The Kier molecular flexibility index (Phi) is 5.30. The van der Waals surface area contributed by atoms with E-state index < -0.39 is 27.7 Å². The molecule has 9 nitrogen and oxygen atoms in total. The minimum absolute atomic E-state index is 0.0462. The van der Waals surface area contributed by atoms with Gasteiger partial charge in [-0.2, -0.15) is 0 Å². The van der Waals surface area contributed by atoms with Crippen LogP contribution in [0.25, 0.3) is 0 Å². The maximum Gasteiger partial charge on any atom is 0.302 e. The van der Waals surface area contributed by atoms with Crippen molar-refractivity contribution in [1.29, 1.82) is 0 Å². The molecule has 28 heavy (non-hydrogen) atoms. The molecule has 0 radical (unpaired) electrons. The van der Waals surface area contributed by atoms with Crippen molar-refractivity contribution in [2.24, 2.45) is 0 Å². The van der Waals surface area contributed by atoms with Gasteiger partial charge < -0.3 is 14.7 Å². The summed E-state index contributed by atoms with van der Waals surface area (Å²) in [5.74, 6) is 0. The lowest BCUT2D eigenvalue weighted by molar-refractivity contribution is -0.393. The van der Waals surface area contributed by atoms with Gasteiger partial charge >= 0.3 is 5.69 Å². The van der Waals surface area contributed by atoms with Crippen molar-refractivity contribution in [3.05, 3.63) is 73.3 Å². The molecule has 1 unspecified atom stereocenters. The van der Waals surface area contributed by atoms with E-state index in [2.05, 4.69) is 0 Å². The Morgan fingerprint density at radius 3 is 2.46 bits per heavy atom. The van der Waals surface area contributed by atoms with E-state index in [0.29, 0.717) is 0 Å². The van der Waals surface area contributed by atoms with E-state index in [0.717, 1.165) is 5.56 Å². The topological polar surface area (TPSA) is 119 Å². The molecule has 1 aliphatic rings. The third-order valence-corrected chi connectivity index (χ3v) is 5.14. The Bertz CT molecular complexity index is 918. The highest BCUT2D eigenvalue weighted by Gasteiger charge is 2.40. The number of nitrogens with zero attached hydrogens (tertiary/aromatic N) is 3. The second kappa shape index (κ2) is 7.53. The average molecular weight is 387 g/mol. The maximum atomic E-state index is 11.8. The number of morpholine rings is 1. The van der Waals surface area contributed by atoms with Crippen LogP contribution in [0.15, 0.2) is 36.4 Å². The van der Waals surface area contributed by atoms with Crippen molar-refractivity contribution < 1.29 is 19.7 Å². The van der Waals surface area contributed by atoms with Crippen LogP contribution in [0.2, 0.25) is 0 Å². The Hall–Kier alpha value is -3.04. The van der Waals surface area contributed by atoms with Gasteiger partial charge in [0, 0.05) is 18.2 Å². The van der Waals surface area contributed by atoms with Gasteiger partial charge in [-0.05, 0) is 25.0 Å². The number of benzene rings is 2. The van der Waals surface area contributed by atoms with Crippen LogP contribution in [0.4, 0.5) is 17.1 Å². The van der Waals surface area contributed by atoms with Gasteiger partial charge in [0.25, 0.3) is 5.69 Å². The molecule has 0 saturated carbocycles. The minimum Gasteiger partial charge on any atom is -0.392 e. The van der Waals surface area contributed by atoms with Gasteiger partial charge in [-0.1, -0.05) is 30.3 Å². The first-order chi connectivity index (χ1) is 13.3. The maximum absolute atomic E-state index is 11.8. The number of hydrogen-bond acceptors (Lipinski definition) is 7. The average Bonchev–Trinajstić information content (AvgIpc) is 2.67. The Morgan fingerprint density at radius 1 is 1.21 bits per heavy atom. The van der Waals surface area contributed by atoms with Gasteiger partial charge in [0.2, 0.25) is 0 Å². The van der Waals surface area contributed by atoms with Crippen LogP contribution in [0.3, 0.4) is 0 Å². The number of nitro benzene ring substituents is 2. The number of anilines is 1. The summed E-state index contributed by atoms with van der Waals surface area (Å²) in [4.78, 5) is 23.9. The SMILES string of the molecule is Cc1c(CO)cc([N+](=O)[O-])c(N2CCOC(C)(c3ccccc3)C2)c1[N+](=O)[O-]. The molecule has 0 aliphatic carbocycles. The number of aliphatic hydroxyl groups is 1. The molecule has 1 N–H and O–H groups in total. The molecule has 1 fully saturated rings. The van der Waals surface area contributed by atoms with Gasteiger partial charge in [0.15, 0.2) is 5.69 Å². The molecule has 148 valence electrons. The predicted molar refractivity (Wildman–Crippen MR) is 102 cm³/mol. The second-order valence-electron chi connectivity index (χ2n) is 6.92. The molecule has 2 aromatic carbocycles. The number of ether oxygens (including phenoxy) is 1. The van der Waals surface area contributed by atoms with E-state index in [1.54, 1.807) is 4.90 Å². The first-order valence-electron chi connectivity index (χ1n) is 8.79. The molecular weight excluding hydrogens is 366 g/mol.